The van der Waals surface area contributed by atoms with Crippen molar-refractivity contribution < 1.29 is 14.0 Å². The highest BCUT2D eigenvalue weighted by atomic mass is 19.1. The molecule has 1 atom stereocenters. The Balaban J connectivity index is 1.50. The first-order valence-corrected chi connectivity index (χ1v) is 13.4. The number of halogens is 1. The second-order valence-corrected chi connectivity index (χ2v) is 9.62. The molecule has 1 fully saturated rings. The largest absolute Gasteiger partial charge is 0.369 e. The summed E-state index contributed by atoms with van der Waals surface area (Å²) in [6.07, 6.45) is 8.44. The lowest BCUT2D eigenvalue weighted by Gasteiger charge is -2.23. The molecule has 1 unspecified atom stereocenters. The van der Waals surface area contributed by atoms with Crippen molar-refractivity contribution in [2.24, 2.45) is 0 Å². The maximum Gasteiger partial charge on any atom is 0.246 e. The van der Waals surface area contributed by atoms with Crippen LogP contribution in [0.1, 0.15) is 44.6 Å². The minimum Gasteiger partial charge on any atom is -0.369 e. The Labute approximate surface area is 230 Å². The van der Waals surface area contributed by atoms with Crippen LogP contribution in [0.2, 0.25) is 0 Å². The molecule has 10 heteroatoms. The number of carbonyl (C=O) groups is 2. The first-order chi connectivity index (χ1) is 18.9. The highest BCUT2D eigenvalue weighted by Crippen LogP contribution is 2.19. The highest BCUT2D eigenvalue weighted by Gasteiger charge is 2.27. The van der Waals surface area contributed by atoms with E-state index >= 15 is 0 Å². The smallest absolute Gasteiger partial charge is 0.246 e. The summed E-state index contributed by atoms with van der Waals surface area (Å²) in [5, 5.41) is 9.20. The molecule has 0 radical (unpaired) electrons. The van der Waals surface area contributed by atoms with Crippen molar-refractivity contribution in [3.63, 3.8) is 0 Å². The number of nitrogens with zero attached hydrogens (tertiary/aromatic N) is 4. The molecule has 1 aromatic heterocycles. The molecule has 1 aliphatic heterocycles. The van der Waals surface area contributed by atoms with E-state index in [0.717, 1.165) is 19.3 Å². The molecule has 2 amide bonds. The van der Waals surface area contributed by atoms with Crippen molar-refractivity contribution in [2.45, 2.75) is 45.1 Å². The van der Waals surface area contributed by atoms with Crippen LogP contribution in [-0.2, 0) is 9.59 Å². The Morgan fingerprint density at radius 2 is 2.15 bits per heavy atom. The molecule has 9 nitrogen and oxygen atoms in total. The summed E-state index contributed by atoms with van der Waals surface area (Å²) >= 11 is 0. The molecule has 0 saturated carbocycles. The van der Waals surface area contributed by atoms with Gasteiger partial charge >= 0.3 is 0 Å². The molecular formula is C29H38FN7O2. The third-order valence-electron chi connectivity index (χ3n) is 6.04. The summed E-state index contributed by atoms with van der Waals surface area (Å²) in [6, 6.07) is 6.09. The zero-order valence-corrected chi connectivity index (χ0v) is 23.0. The third kappa shape index (κ3) is 10.0. The Bertz CT molecular complexity index is 1210. The van der Waals surface area contributed by atoms with Crippen LogP contribution in [0, 0.1) is 17.7 Å². The average Bonchev–Trinajstić information content (AvgIpc) is 3.38. The number of anilines is 3. The second-order valence-electron chi connectivity index (χ2n) is 9.62. The molecule has 3 rings (SSSR count). The van der Waals surface area contributed by atoms with Gasteiger partial charge in [-0.3, -0.25) is 9.59 Å². The standard InChI is InChI=1S/C29H38FN7O2/c1-4-16-31-28-22(20-33-29(35-28)34-24-12-7-11-23(30)19-24)10-5-6-14-26(38)32-21-25-13-8-18-37(25)27(39)15-9-17-36(2)3/h7,9,11-12,15,19-20,25H,4,6,8,13-14,16-18,21H2,1-3H3,(H,32,38)(H2,31,33,34,35)/b15-9+. The zero-order valence-electron chi connectivity index (χ0n) is 23.0. The van der Waals surface area contributed by atoms with Gasteiger partial charge in [0.25, 0.3) is 0 Å². The molecule has 0 aliphatic carbocycles. The van der Waals surface area contributed by atoms with Crippen LogP contribution in [0.4, 0.5) is 21.8 Å². The van der Waals surface area contributed by atoms with Gasteiger partial charge in [-0.25, -0.2) is 9.37 Å². The van der Waals surface area contributed by atoms with E-state index in [2.05, 4.69) is 37.8 Å². The Morgan fingerprint density at radius 1 is 1.31 bits per heavy atom. The van der Waals surface area contributed by atoms with Gasteiger partial charge in [-0.05, 0) is 51.6 Å². The van der Waals surface area contributed by atoms with Gasteiger partial charge < -0.3 is 25.8 Å². The van der Waals surface area contributed by atoms with Crippen LogP contribution in [0.5, 0.6) is 0 Å². The van der Waals surface area contributed by atoms with E-state index in [1.54, 1.807) is 24.4 Å². The lowest BCUT2D eigenvalue weighted by Crippen LogP contribution is -2.42. The monoisotopic (exact) mass is 535 g/mol. The third-order valence-corrected chi connectivity index (χ3v) is 6.04. The fourth-order valence-corrected chi connectivity index (χ4v) is 4.06. The van der Waals surface area contributed by atoms with Gasteiger partial charge in [0.15, 0.2) is 0 Å². The first kappa shape index (κ1) is 29.6. The van der Waals surface area contributed by atoms with Crippen LogP contribution in [-0.4, -0.2) is 77.9 Å². The quantitative estimate of drug-likeness (QED) is 0.282. The zero-order chi connectivity index (χ0) is 28.0. The van der Waals surface area contributed by atoms with Gasteiger partial charge in [-0.1, -0.05) is 30.9 Å². The number of carbonyl (C=O) groups excluding carboxylic acids is 2. The second kappa shape index (κ2) is 15.4. The van der Waals surface area contributed by atoms with Crippen molar-refractivity contribution in [2.75, 3.05) is 50.9 Å². The predicted octanol–water partition coefficient (Wildman–Crippen LogP) is 3.54. The number of amides is 2. The van der Waals surface area contributed by atoms with Crippen molar-refractivity contribution in [3.8, 4) is 11.8 Å². The van der Waals surface area contributed by atoms with Crippen LogP contribution in [0.3, 0.4) is 0 Å². The van der Waals surface area contributed by atoms with Gasteiger partial charge in [0, 0.05) is 56.8 Å². The van der Waals surface area contributed by atoms with Crippen LogP contribution in [0.15, 0.2) is 42.6 Å². The molecule has 2 aromatic rings. The lowest BCUT2D eigenvalue weighted by molar-refractivity contribution is -0.127. The van der Waals surface area contributed by atoms with E-state index in [1.807, 2.05) is 36.9 Å². The Morgan fingerprint density at radius 3 is 2.92 bits per heavy atom. The topological polar surface area (TPSA) is 102 Å². The predicted molar refractivity (Wildman–Crippen MR) is 152 cm³/mol. The van der Waals surface area contributed by atoms with E-state index in [4.69, 9.17) is 0 Å². The van der Waals surface area contributed by atoms with Crippen LogP contribution >= 0.6 is 0 Å². The Kier molecular flexibility index (Phi) is 11.7. The molecule has 1 saturated heterocycles. The van der Waals surface area contributed by atoms with Gasteiger partial charge in [-0.2, -0.15) is 4.98 Å². The molecule has 3 N–H and O–H groups in total. The summed E-state index contributed by atoms with van der Waals surface area (Å²) < 4.78 is 13.5. The lowest BCUT2D eigenvalue weighted by atomic mass is 10.2. The van der Waals surface area contributed by atoms with Gasteiger partial charge in [-0.15, -0.1) is 0 Å². The maximum absolute atomic E-state index is 13.5. The van der Waals surface area contributed by atoms with Crippen LogP contribution < -0.4 is 16.0 Å². The molecule has 0 bridgehead atoms. The molecule has 39 heavy (non-hydrogen) atoms. The van der Waals surface area contributed by atoms with Crippen molar-refractivity contribution >= 4 is 29.3 Å². The molecular weight excluding hydrogens is 497 g/mol. The van der Waals surface area contributed by atoms with E-state index < -0.39 is 0 Å². The van der Waals surface area contributed by atoms with E-state index in [-0.39, 0.29) is 30.1 Å². The summed E-state index contributed by atoms with van der Waals surface area (Å²) in [5.41, 5.74) is 1.17. The minimum atomic E-state index is -0.349. The number of hydrogen-bond acceptors (Lipinski definition) is 7. The first-order valence-electron chi connectivity index (χ1n) is 13.4. The average molecular weight is 536 g/mol. The fourth-order valence-electron chi connectivity index (χ4n) is 4.06. The van der Waals surface area contributed by atoms with E-state index in [9.17, 15) is 14.0 Å². The van der Waals surface area contributed by atoms with Crippen molar-refractivity contribution in [1.29, 1.82) is 0 Å². The number of hydrogen-bond donors (Lipinski definition) is 3. The molecule has 1 aliphatic rings. The minimum absolute atomic E-state index is 0.00804. The summed E-state index contributed by atoms with van der Waals surface area (Å²) in [6.45, 7) is 4.62. The summed E-state index contributed by atoms with van der Waals surface area (Å²) in [7, 11) is 3.90. The van der Waals surface area contributed by atoms with E-state index in [1.165, 1.54) is 12.1 Å². The number of benzene rings is 1. The van der Waals surface area contributed by atoms with Gasteiger partial charge in [0.1, 0.15) is 11.6 Å². The number of rotatable bonds is 12. The highest BCUT2D eigenvalue weighted by molar-refractivity contribution is 5.88. The van der Waals surface area contributed by atoms with Crippen LogP contribution in [0.25, 0.3) is 0 Å². The fraction of sp³-hybridized carbons (Fsp3) is 0.448. The summed E-state index contributed by atoms with van der Waals surface area (Å²) in [5.74, 6) is 6.54. The van der Waals surface area contributed by atoms with Crippen molar-refractivity contribution in [3.05, 3.63) is 54.0 Å². The van der Waals surface area contributed by atoms with E-state index in [0.29, 0.717) is 55.6 Å². The number of aromatic nitrogens is 2. The molecule has 1 aromatic carbocycles. The summed E-state index contributed by atoms with van der Waals surface area (Å²) in [4.78, 5) is 37.5. The number of likely N-dealkylation sites (N-methyl/N-ethyl adjacent to an activating group) is 1. The number of likely N-dealkylation sites (tertiary alicyclic amines) is 1. The Hall–Kier alpha value is -3.97. The normalized spacial score (nSPS) is 14.8. The van der Waals surface area contributed by atoms with Crippen molar-refractivity contribution in [1.82, 2.24) is 25.1 Å². The SMILES string of the molecule is CCCNc1nc(Nc2cccc(F)c2)ncc1C#CCCC(=O)NCC1CCCN1C(=O)/C=C/CN(C)C. The molecule has 2 heterocycles. The molecule has 0 spiro atoms. The maximum atomic E-state index is 13.5. The number of nitrogens with one attached hydrogen (secondary N) is 3. The molecule has 208 valence electrons. The van der Waals surface area contributed by atoms with Gasteiger partial charge in [0.05, 0.1) is 11.8 Å². The van der Waals surface area contributed by atoms with Gasteiger partial charge in [0.2, 0.25) is 17.8 Å².